The lowest BCUT2D eigenvalue weighted by Crippen LogP contribution is -2.51. The third kappa shape index (κ3) is 7.11. The van der Waals surface area contributed by atoms with Crippen LogP contribution in [0.5, 0.6) is 0 Å². The van der Waals surface area contributed by atoms with Crippen molar-refractivity contribution in [2.45, 2.75) is 44.7 Å². The van der Waals surface area contributed by atoms with Crippen molar-refractivity contribution in [3.8, 4) is 0 Å². The normalized spacial score (nSPS) is 12.0. The second kappa shape index (κ2) is 12.7. The number of aryl methyl sites for hydroxylation is 1. The van der Waals surface area contributed by atoms with Gasteiger partial charge in [-0.2, -0.15) is 0 Å². The first-order valence-corrected chi connectivity index (χ1v) is 13.9. The molecule has 1 atom stereocenters. The number of hydrogen-bond donors (Lipinski definition) is 1. The summed E-state index contributed by atoms with van der Waals surface area (Å²) in [6, 6.07) is 21.0. The highest BCUT2D eigenvalue weighted by Gasteiger charge is 2.32. The second-order valence-corrected chi connectivity index (χ2v) is 11.0. The Morgan fingerprint density at radius 2 is 1.57 bits per heavy atom. The maximum Gasteiger partial charge on any atom is 0.264 e. The quantitative estimate of drug-likeness (QED) is 0.378. The van der Waals surface area contributed by atoms with E-state index in [2.05, 4.69) is 5.32 Å². The first-order valence-electron chi connectivity index (χ1n) is 12.1. The van der Waals surface area contributed by atoms with Crippen molar-refractivity contribution < 1.29 is 18.0 Å². The molecule has 0 bridgehead atoms. The van der Waals surface area contributed by atoms with Gasteiger partial charge in [0.1, 0.15) is 12.6 Å². The molecule has 1 unspecified atom stereocenters. The summed E-state index contributed by atoms with van der Waals surface area (Å²) >= 11 is 5.97. The SMILES string of the molecule is CCCNC(=O)C(C)N(Cc1ccccc1C)C(=O)CN(c1ccccc1)S(=O)(=O)c1ccc(Cl)cc1. The average molecular weight is 542 g/mol. The van der Waals surface area contributed by atoms with Crippen LogP contribution in [-0.2, 0) is 26.2 Å². The number of anilines is 1. The predicted octanol–water partition coefficient (Wildman–Crippen LogP) is 4.79. The number of nitrogens with one attached hydrogen (secondary N) is 1. The Balaban J connectivity index is 2.00. The van der Waals surface area contributed by atoms with Gasteiger partial charge in [-0.15, -0.1) is 0 Å². The van der Waals surface area contributed by atoms with Crippen LogP contribution in [0.25, 0.3) is 0 Å². The topological polar surface area (TPSA) is 86.8 Å². The zero-order valence-electron chi connectivity index (χ0n) is 21.2. The van der Waals surface area contributed by atoms with Gasteiger partial charge in [-0.1, -0.05) is 61.0 Å². The highest BCUT2D eigenvalue weighted by molar-refractivity contribution is 7.92. The monoisotopic (exact) mass is 541 g/mol. The van der Waals surface area contributed by atoms with E-state index in [1.165, 1.54) is 29.2 Å². The van der Waals surface area contributed by atoms with Crippen LogP contribution in [0.15, 0.2) is 83.8 Å². The molecule has 0 aromatic heterocycles. The molecule has 0 saturated heterocycles. The van der Waals surface area contributed by atoms with Gasteiger partial charge in [0.25, 0.3) is 10.0 Å². The van der Waals surface area contributed by atoms with Crippen LogP contribution in [0.3, 0.4) is 0 Å². The van der Waals surface area contributed by atoms with Gasteiger partial charge in [0.05, 0.1) is 10.6 Å². The van der Waals surface area contributed by atoms with Crippen LogP contribution in [0.4, 0.5) is 5.69 Å². The molecule has 0 saturated carbocycles. The lowest BCUT2D eigenvalue weighted by Gasteiger charge is -2.32. The van der Waals surface area contributed by atoms with Gasteiger partial charge >= 0.3 is 0 Å². The molecule has 0 aliphatic carbocycles. The van der Waals surface area contributed by atoms with E-state index < -0.39 is 28.5 Å². The van der Waals surface area contributed by atoms with E-state index in [0.29, 0.717) is 17.3 Å². The third-order valence-corrected chi connectivity index (χ3v) is 8.08. The number of nitrogens with zero attached hydrogens (tertiary/aromatic N) is 2. The fraction of sp³-hybridized carbons (Fsp3) is 0.286. The third-order valence-electron chi connectivity index (χ3n) is 6.04. The number of benzene rings is 3. The Hall–Kier alpha value is -3.36. The summed E-state index contributed by atoms with van der Waals surface area (Å²) in [5.74, 6) is -0.792. The summed E-state index contributed by atoms with van der Waals surface area (Å²) in [4.78, 5) is 28.1. The van der Waals surface area contributed by atoms with E-state index in [9.17, 15) is 18.0 Å². The fourth-order valence-electron chi connectivity index (χ4n) is 3.81. The van der Waals surface area contributed by atoms with Crippen molar-refractivity contribution >= 4 is 39.1 Å². The molecular formula is C28H32ClN3O4S. The van der Waals surface area contributed by atoms with E-state index in [1.807, 2.05) is 38.1 Å². The molecule has 1 N–H and O–H groups in total. The fourth-order valence-corrected chi connectivity index (χ4v) is 5.35. The van der Waals surface area contributed by atoms with Gasteiger partial charge < -0.3 is 10.2 Å². The second-order valence-electron chi connectivity index (χ2n) is 8.72. The molecule has 3 rings (SSSR count). The lowest BCUT2D eigenvalue weighted by molar-refractivity contribution is -0.139. The van der Waals surface area contributed by atoms with E-state index in [1.54, 1.807) is 37.3 Å². The van der Waals surface area contributed by atoms with Crippen molar-refractivity contribution in [1.29, 1.82) is 0 Å². The zero-order chi connectivity index (χ0) is 27.0. The Labute approximate surface area is 224 Å². The number of rotatable bonds is 11. The van der Waals surface area contributed by atoms with Gasteiger partial charge in [0, 0.05) is 18.1 Å². The number of halogens is 1. The molecule has 0 aliphatic rings. The maximum atomic E-state index is 13.8. The van der Waals surface area contributed by atoms with E-state index >= 15 is 0 Å². The summed E-state index contributed by atoms with van der Waals surface area (Å²) in [5.41, 5.74) is 2.18. The van der Waals surface area contributed by atoms with Crippen molar-refractivity contribution in [2.75, 3.05) is 17.4 Å². The molecule has 3 aromatic carbocycles. The van der Waals surface area contributed by atoms with E-state index in [-0.39, 0.29) is 17.3 Å². The van der Waals surface area contributed by atoms with Crippen LogP contribution in [0.2, 0.25) is 5.02 Å². The number of carbonyl (C=O) groups is 2. The number of carbonyl (C=O) groups excluding carboxylic acids is 2. The molecule has 0 aliphatic heterocycles. The van der Waals surface area contributed by atoms with Crippen molar-refractivity contribution in [3.05, 3.63) is 95.0 Å². The largest absolute Gasteiger partial charge is 0.354 e. The number of hydrogen-bond acceptors (Lipinski definition) is 4. The molecular weight excluding hydrogens is 510 g/mol. The number of sulfonamides is 1. The summed E-state index contributed by atoms with van der Waals surface area (Å²) in [5, 5.41) is 3.24. The standard InChI is InChI=1S/C28H32ClN3O4S/c1-4-18-30-28(34)22(3)31(19-23-11-9-8-10-21(23)2)27(33)20-32(25-12-6-5-7-13-25)37(35,36)26-16-14-24(29)15-17-26/h5-17,22H,4,18-20H2,1-3H3,(H,30,34). The van der Waals surface area contributed by atoms with Crippen molar-refractivity contribution in [3.63, 3.8) is 0 Å². The minimum absolute atomic E-state index is 0.00717. The highest BCUT2D eigenvalue weighted by atomic mass is 35.5. The predicted molar refractivity (Wildman–Crippen MR) is 147 cm³/mol. The average Bonchev–Trinajstić information content (AvgIpc) is 2.90. The van der Waals surface area contributed by atoms with Gasteiger partial charge in [0.2, 0.25) is 11.8 Å². The van der Waals surface area contributed by atoms with Crippen LogP contribution >= 0.6 is 11.6 Å². The van der Waals surface area contributed by atoms with Crippen LogP contribution < -0.4 is 9.62 Å². The summed E-state index contributed by atoms with van der Waals surface area (Å²) in [6.45, 7) is 5.70. The molecule has 3 aromatic rings. The van der Waals surface area contributed by atoms with Crippen molar-refractivity contribution in [1.82, 2.24) is 10.2 Å². The van der Waals surface area contributed by atoms with Gasteiger partial charge in [0.15, 0.2) is 0 Å². The molecule has 2 amide bonds. The first kappa shape index (κ1) is 28.2. The molecule has 196 valence electrons. The molecule has 0 fully saturated rings. The minimum Gasteiger partial charge on any atom is -0.354 e. The van der Waals surface area contributed by atoms with Gasteiger partial charge in [-0.05, 0) is 67.8 Å². The molecule has 9 heteroatoms. The smallest absolute Gasteiger partial charge is 0.264 e. The maximum absolute atomic E-state index is 13.8. The van der Waals surface area contributed by atoms with Crippen LogP contribution in [0, 0.1) is 6.92 Å². The Morgan fingerprint density at radius 3 is 2.19 bits per heavy atom. The first-order chi connectivity index (χ1) is 17.6. The molecule has 7 nitrogen and oxygen atoms in total. The number of amides is 2. The minimum atomic E-state index is -4.11. The summed E-state index contributed by atoms with van der Waals surface area (Å²) < 4.78 is 28.5. The van der Waals surface area contributed by atoms with Crippen LogP contribution in [-0.4, -0.2) is 44.3 Å². The van der Waals surface area contributed by atoms with E-state index in [0.717, 1.165) is 21.9 Å². The van der Waals surface area contributed by atoms with Gasteiger partial charge in [-0.3, -0.25) is 13.9 Å². The molecule has 37 heavy (non-hydrogen) atoms. The Morgan fingerprint density at radius 1 is 0.946 bits per heavy atom. The Kier molecular flexibility index (Phi) is 9.72. The highest BCUT2D eigenvalue weighted by Crippen LogP contribution is 2.25. The summed E-state index contributed by atoms with van der Waals surface area (Å²) in [6.07, 6.45) is 0.755. The molecule has 0 spiro atoms. The summed E-state index contributed by atoms with van der Waals surface area (Å²) in [7, 11) is -4.11. The molecule has 0 heterocycles. The zero-order valence-corrected chi connectivity index (χ0v) is 22.8. The lowest BCUT2D eigenvalue weighted by atomic mass is 10.1. The molecule has 0 radical (unpaired) electrons. The Bertz CT molecular complexity index is 1310. The van der Waals surface area contributed by atoms with Gasteiger partial charge in [-0.25, -0.2) is 8.42 Å². The number of para-hydroxylation sites is 1. The van der Waals surface area contributed by atoms with E-state index in [4.69, 9.17) is 11.6 Å². The van der Waals surface area contributed by atoms with Crippen molar-refractivity contribution in [2.24, 2.45) is 0 Å². The van der Waals surface area contributed by atoms with Crippen LogP contribution in [0.1, 0.15) is 31.4 Å².